The molecule has 6 nitrogen and oxygen atoms in total. The summed E-state index contributed by atoms with van der Waals surface area (Å²) in [5, 5.41) is 12.1. The summed E-state index contributed by atoms with van der Waals surface area (Å²) in [6.07, 6.45) is 1.11. The van der Waals surface area contributed by atoms with Crippen LogP contribution >= 0.6 is 0 Å². The topological polar surface area (TPSA) is 94.9 Å². The van der Waals surface area contributed by atoms with E-state index >= 15 is 0 Å². The van der Waals surface area contributed by atoms with Gasteiger partial charge in [-0.05, 0) is 19.9 Å². The first kappa shape index (κ1) is 14.4. The van der Waals surface area contributed by atoms with Crippen molar-refractivity contribution in [3.05, 3.63) is 23.0 Å². The first-order chi connectivity index (χ1) is 8.33. The largest absolute Gasteiger partial charge is 0.383 e. The molecule has 2 N–H and O–H groups in total. The van der Waals surface area contributed by atoms with Crippen LogP contribution in [-0.4, -0.2) is 32.7 Å². The number of rotatable bonds is 5. The Kier molecular flexibility index (Phi) is 4.64. The van der Waals surface area contributed by atoms with Crippen LogP contribution < -0.4 is 10.0 Å². The predicted octanol–water partition coefficient (Wildman–Crippen LogP) is 0.531. The standard InChI is InChI=1S/C11H16N4O2S/c1-8-6-11(10(7-12)9(2)15-8)13-4-5-14-18(3,16)17/h6,14H,4-5H2,1-3H3,(H,13,15). The molecule has 1 aromatic heterocycles. The van der Waals surface area contributed by atoms with E-state index < -0.39 is 10.0 Å². The molecule has 0 aliphatic carbocycles. The van der Waals surface area contributed by atoms with Crippen LogP contribution in [0.4, 0.5) is 5.69 Å². The average Bonchev–Trinajstić information content (AvgIpc) is 2.22. The number of aromatic nitrogens is 1. The molecule has 98 valence electrons. The highest BCUT2D eigenvalue weighted by Gasteiger charge is 2.07. The molecule has 1 heterocycles. The van der Waals surface area contributed by atoms with Gasteiger partial charge in [0.15, 0.2) is 0 Å². The van der Waals surface area contributed by atoms with Crippen molar-refractivity contribution in [2.75, 3.05) is 24.7 Å². The van der Waals surface area contributed by atoms with Gasteiger partial charge in [-0.3, -0.25) is 4.98 Å². The van der Waals surface area contributed by atoms with Crippen molar-refractivity contribution in [2.45, 2.75) is 13.8 Å². The number of anilines is 1. The van der Waals surface area contributed by atoms with Gasteiger partial charge in [0, 0.05) is 18.8 Å². The van der Waals surface area contributed by atoms with Crippen molar-refractivity contribution in [1.29, 1.82) is 5.26 Å². The van der Waals surface area contributed by atoms with Crippen LogP contribution in [0.1, 0.15) is 17.0 Å². The van der Waals surface area contributed by atoms with Gasteiger partial charge in [-0.25, -0.2) is 13.1 Å². The van der Waals surface area contributed by atoms with Crippen LogP contribution in [0.2, 0.25) is 0 Å². The van der Waals surface area contributed by atoms with E-state index in [4.69, 9.17) is 5.26 Å². The van der Waals surface area contributed by atoms with Gasteiger partial charge in [0.2, 0.25) is 10.0 Å². The summed E-state index contributed by atoms with van der Waals surface area (Å²) < 4.78 is 24.1. The third-order valence-electron chi connectivity index (χ3n) is 2.24. The molecule has 0 fully saturated rings. The summed E-state index contributed by atoms with van der Waals surface area (Å²) in [6, 6.07) is 3.85. The highest BCUT2D eigenvalue weighted by molar-refractivity contribution is 7.88. The molecule has 0 saturated heterocycles. The van der Waals surface area contributed by atoms with E-state index in [0.717, 1.165) is 11.9 Å². The molecule has 1 aromatic rings. The minimum Gasteiger partial charge on any atom is -0.383 e. The van der Waals surface area contributed by atoms with Gasteiger partial charge in [0.1, 0.15) is 6.07 Å². The Bertz CT molecular complexity index is 575. The highest BCUT2D eigenvalue weighted by atomic mass is 32.2. The van der Waals surface area contributed by atoms with Gasteiger partial charge < -0.3 is 5.32 Å². The number of aryl methyl sites for hydroxylation is 2. The zero-order valence-electron chi connectivity index (χ0n) is 10.6. The molecule has 0 amide bonds. The Morgan fingerprint density at radius 1 is 1.39 bits per heavy atom. The molecule has 0 aliphatic heterocycles. The van der Waals surface area contributed by atoms with E-state index in [-0.39, 0.29) is 6.54 Å². The fourth-order valence-electron chi connectivity index (χ4n) is 1.54. The Balaban J connectivity index is 2.71. The van der Waals surface area contributed by atoms with E-state index in [1.165, 1.54) is 0 Å². The molecule has 1 rings (SSSR count). The van der Waals surface area contributed by atoms with Gasteiger partial charge in [-0.2, -0.15) is 5.26 Å². The molecule has 0 atom stereocenters. The Hall–Kier alpha value is -1.65. The minimum absolute atomic E-state index is 0.268. The number of hydrogen-bond donors (Lipinski definition) is 2. The van der Waals surface area contributed by atoms with Gasteiger partial charge in [0.25, 0.3) is 0 Å². The van der Waals surface area contributed by atoms with Crippen LogP contribution in [0.5, 0.6) is 0 Å². The Labute approximate surface area is 107 Å². The van der Waals surface area contributed by atoms with Crippen LogP contribution in [0.3, 0.4) is 0 Å². The van der Waals surface area contributed by atoms with Crippen molar-refractivity contribution >= 4 is 15.7 Å². The molecular formula is C11H16N4O2S. The normalized spacial score (nSPS) is 11.0. The molecule has 7 heteroatoms. The number of nitrogens with zero attached hydrogens (tertiary/aromatic N) is 2. The molecular weight excluding hydrogens is 252 g/mol. The smallest absolute Gasteiger partial charge is 0.208 e. The first-order valence-electron chi connectivity index (χ1n) is 5.40. The summed E-state index contributed by atoms with van der Waals surface area (Å²) in [7, 11) is -3.18. The van der Waals surface area contributed by atoms with Crippen molar-refractivity contribution in [2.24, 2.45) is 0 Å². The first-order valence-corrected chi connectivity index (χ1v) is 7.29. The molecule has 0 unspecified atom stereocenters. The zero-order chi connectivity index (χ0) is 13.8. The molecule has 0 saturated carbocycles. The number of pyridine rings is 1. The van der Waals surface area contributed by atoms with Gasteiger partial charge in [-0.1, -0.05) is 0 Å². The fraction of sp³-hybridized carbons (Fsp3) is 0.455. The molecule has 0 aliphatic rings. The van der Waals surface area contributed by atoms with E-state index in [9.17, 15) is 8.42 Å². The van der Waals surface area contributed by atoms with Crippen LogP contribution in [0.15, 0.2) is 6.07 Å². The van der Waals surface area contributed by atoms with Crippen LogP contribution in [0.25, 0.3) is 0 Å². The summed E-state index contributed by atoms with van der Waals surface area (Å²) in [6.45, 7) is 4.29. The van der Waals surface area contributed by atoms with E-state index in [0.29, 0.717) is 23.5 Å². The highest BCUT2D eigenvalue weighted by Crippen LogP contribution is 2.18. The monoisotopic (exact) mass is 268 g/mol. The molecule has 0 radical (unpaired) electrons. The number of sulfonamides is 1. The third kappa shape index (κ3) is 4.31. The zero-order valence-corrected chi connectivity index (χ0v) is 11.4. The second-order valence-corrected chi connectivity index (χ2v) is 5.81. The lowest BCUT2D eigenvalue weighted by molar-refractivity contribution is 0.589. The van der Waals surface area contributed by atoms with E-state index in [2.05, 4.69) is 21.1 Å². The number of nitriles is 1. The van der Waals surface area contributed by atoms with Gasteiger partial charge >= 0.3 is 0 Å². The summed E-state index contributed by atoms with van der Waals surface area (Å²) >= 11 is 0. The van der Waals surface area contributed by atoms with Crippen molar-refractivity contribution in [3.8, 4) is 6.07 Å². The van der Waals surface area contributed by atoms with E-state index in [1.54, 1.807) is 13.0 Å². The van der Waals surface area contributed by atoms with Crippen LogP contribution in [0, 0.1) is 25.2 Å². The molecule has 0 spiro atoms. The number of nitrogens with one attached hydrogen (secondary N) is 2. The third-order valence-corrected chi connectivity index (χ3v) is 2.97. The lowest BCUT2D eigenvalue weighted by Gasteiger charge is -2.10. The minimum atomic E-state index is -3.18. The second-order valence-electron chi connectivity index (χ2n) is 3.98. The predicted molar refractivity (Wildman–Crippen MR) is 69.8 cm³/mol. The van der Waals surface area contributed by atoms with Gasteiger partial charge in [-0.15, -0.1) is 0 Å². The van der Waals surface area contributed by atoms with Crippen LogP contribution in [-0.2, 0) is 10.0 Å². The number of hydrogen-bond acceptors (Lipinski definition) is 5. The quantitative estimate of drug-likeness (QED) is 0.760. The van der Waals surface area contributed by atoms with E-state index in [1.807, 2.05) is 6.92 Å². The second kappa shape index (κ2) is 5.80. The maximum atomic E-state index is 10.9. The SMILES string of the molecule is Cc1cc(NCCNS(C)(=O)=O)c(C#N)c(C)n1. The Morgan fingerprint density at radius 3 is 2.61 bits per heavy atom. The summed E-state index contributed by atoms with van der Waals surface area (Å²) in [5.74, 6) is 0. The molecule has 18 heavy (non-hydrogen) atoms. The van der Waals surface area contributed by atoms with Gasteiger partial charge in [0.05, 0.1) is 23.2 Å². The van der Waals surface area contributed by atoms with Crippen molar-refractivity contribution < 1.29 is 8.42 Å². The fourth-order valence-corrected chi connectivity index (χ4v) is 2.02. The maximum absolute atomic E-state index is 10.9. The van der Waals surface area contributed by atoms with Crippen molar-refractivity contribution in [1.82, 2.24) is 9.71 Å². The molecule has 0 aromatic carbocycles. The lowest BCUT2D eigenvalue weighted by Crippen LogP contribution is -2.27. The lowest BCUT2D eigenvalue weighted by atomic mass is 10.1. The Morgan fingerprint density at radius 2 is 2.06 bits per heavy atom. The molecule has 0 bridgehead atoms. The average molecular weight is 268 g/mol. The summed E-state index contributed by atoms with van der Waals surface area (Å²) in [5.41, 5.74) is 2.64. The van der Waals surface area contributed by atoms with Crippen molar-refractivity contribution in [3.63, 3.8) is 0 Å². The summed E-state index contributed by atoms with van der Waals surface area (Å²) in [4.78, 5) is 4.20. The maximum Gasteiger partial charge on any atom is 0.208 e.